The minimum atomic E-state index is -0.00748. The quantitative estimate of drug-likeness (QED) is 0.432. The van der Waals surface area contributed by atoms with Crippen molar-refractivity contribution in [2.24, 2.45) is 0 Å². The molecular formula is C28H32ClN3O. The number of hydrogen-bond donors (Lipinski definition) is 1. The summed E-state index contributed by atoms with van der Waals surface area (Å²) in [5.41, 5.74) is 5.19. The van der Waals surface area contributed by atoms with E-state index in [1.54, 1.807) is 0 Å². The average molecular weight is 462 g/mol. The molecule has 0 unspecified atom stereocenters. The monoisotopic (exact) mass is 461 g/mol. The Morgan fingerprint density at radius 2 is 1.79 bits per heavy atom. The van der Waals surface area contributed by atoms with Gasteiger partial charge < -0.3 is 5.32 Å². The topological polar surface area (TPSA) is 45.2 Å². The van der Waals surface area contributed by atoms with Crippen molar-refractivity contribution in [2.45, 2.75) is 45.1 Å². The summed E-state index contributed by atoms with van der Waals surface area (Å²) in [6, 6.07) is 22.4. The summed E-state index contributed by atoms with van der Waals surface area (Å²) in [6.07, 6.45) is 3.90. The lowest BCUT2D eigenvalue weighted by Crippen LogP contribution is -2.34. The number of carbonyl (C=O) groups is 1. The Morgan fingerprint density at radius 3 is 2.55 bits per heavy atom. The maximum atomic E-state index is 13.0. The average Bonchev–Trinajstić information content (AvgIpc) is 2.83. The molecular weight excluding hydrogens is 430 g/mol. The molecule has 1 amide bonds. The molecule has 0 radical (unpaired) electrons. The maximum Gasteiger partial charge on any atom is 0.253 e. The van der Waals surface area contributed by atoms with Gasteiger partial charge in [0, 0.05) is 29.7 Å². The molecule has 4 nitrogen and oxygen atoms in total. The van der Waals surface area contributed by atoms with Crippen LogP contribution in [-0.2, 0) is 13.0 Å². The van der Waals surface area contributed by atoms with E-state index in [1.165, 1.54) is 11.1 Å². The minimum Gasteiger partial charge on any atom is -0.352 e. The van der Waals surface area contributed by atoms with Crippen LogP contribution in [0.3, 0.4) is 0 Å². The van der Waals surface area contributed by atoms with Crippen LogP contribution in [0.5, 0.6) is 0 Å². The highest BCUT2D eigenvalue weighted by Crippen LogP contribution is 2.30. The number of aryl methyl sites for hydroxylation is 2. The molecule has 1 aliphatic heterocycles. The molecule has 1 fully saturated rings. The molecule has 172 valence electrons. The van der Waals surface area contributed by atoms with Gasteiger partial charge in [0.05, 0.1) is 11.3 Å². The van der Waals surface area contributed by atoms with Gasteiger partial charge in [-0.1, -0.05) is 54.1 Å². The minimum absolute atomic E-state index is 0.00748. The molecule has 3 aromatic rings. The Hall–Kier alpha value is -2.69. The molecule has 4 rings (SSSR count). The van der Waals surface area contributed by atoms with Crippen LogP contribution in [0.1, 0.15) is 58.1 Å². The van der Waals surface area contributed by atoms with E-state index in [0.29, 0.717) is 12.5 Å². The Kier molecular flexibility index (Phi) is 8.14. The van der Waals surface area contributed by atoms with Crippen molar-refractivity contribution in [1.29, 1.82) is 0 Å². The fourth-order valence-electron chi connectivity index (χ4n) is 4.57. The van der Waals surface area contributed by atoms with Crippen LogP contribution in [0.15, 0.2) is 66.7 Å². The van der Waals surface area contributed by atoms with Gasteiger partial charge in [0.15, 0.2) is 0 Å². The van der Waals surface area contributed by atoms with Crippen molar-refractivity contribution in [2.75, 3.05) is 19.6 Å². The number of likely N-dealkylation sites (tertiary alicyclic amines) is 1. The number of pyridine rings is 1. The van der Waals surface area contributed by atoms with Crippen LogP contribution < -0.4 is 5.32 Å². The van der Waals surface area contributed by atoms with Gasteiger partial charge in [-0.15, -0.1) is 0 Å². The number of benzene rings is 2. The second-order valence-electron chi connectivity index (χ2n) is 8.91. The number of carbonyl (C=O) groups excluding carboxylic acids is 1. The van der Waals surface area contributed by atoms with Crippen molar-refractivity contribution in [3.63, 3.8) is 0 Å². The maximum absolute atomic E-state index is 13.0. The van der Waals surface area contributed by atoms with E-state index in [-0.39, 0.29) is 5.91 Å². The highest BCUT2D eigenvalue weighted by atomic mass is 35.5. The molecule has 1 N–H and O–H groups in total. The van der Waals surface area contributed by atoms with Crippen molar-refractivity contribution in [3.8, 4) is 0 Å². The number of piperidine rings is 1. The van der Waals surface area contributed by atoms with Gasteiger partial charge in [-0.25, -0.2) is 0 Å². The summed E-state index contributed by atoms with van der Waals surface area (Å²) < 4.78 is 0. The number of hydrogen-bond acceptors (Lipinski definition) is 3. The van der Waals surface area contributed by atoms with Crippen molar-refractivity contribution in [3.05, 3.63) is 99.8 Å². The number of nitrogens with one attached hydrogen (secondary N) is 1. The van der Waals surface area contributed by atoms with E-state index in [4.69, 9.17) is 16.6 Å². The lowest BCUT2D eigenvalue weighted by atomic mass is 9.89. The van der Waals surface area contributed by atoms with Crippen molar-refractivity contribution >= 4 is 17.5 Å². The van der Waals surface area contributed by atoms with Crippen LogP contribution in [0.2, 0.25) is 5.02 Å². The van der Waals surface area contributed by atoms with Gasteiger partial charge in [0.1, 0.15) is 0 Å². The first-order chi connectivity index (χ1) is 16.1. The van der Waals surface area contributed by atoms with E-state index in [9.17, 15) is 4.79 Å². The standard InChI is InChI=1S/C28H32ClN3O/c1-21-12-13-26(28(33)30-16-6-10-22-7-3-2-4-8-22)27(31-21)24-14-17-32(18-15-24)20-23-9-5-11-25(29)19-23/h2-5,7-9,11-13,19,24H,6,10,14-18,20H2,1H3,(H,30,33). The summed E-state index contributed by atoms with van der Waals surface area (Å²) in [4.78, 5) is 20.3. The van der Waals surface area contributed by atoms with E-state index in [1.807, 2.05) is 43.3 Å². The molecule has 1 aromatic heterocycles. The fourth-order valence-corrected chi connectivity index (χ4v) is 4.79. The third-order valence-corrected chi connectivity index (χ3v) is 6.58. The summed E-state index contributed by atoms with van der Waals surface area (Å²) in [7, 11) is 0. The first kappa shape index (κ1) is 23.5. The molecule has 5 heteroatoms. The third-order valence-electron chi connectivity index (χ3n) is 6.35. The molecule has 1 saturated heterocycles. The van der Waals surface area contributed by atoms with Gasteiger partial charge in [-0.3, -0.25) is 14.7 Å². The van der Waals surface area contributed by atoms with Gasteiger partial charge in [0.2, 0.25) is 0 Å². The number of nitrogens with zero attached hydrogens (tertiary/aromatic N) is 2. The van der Waals surface area contributed by atoms with Crippen LogP contribution in [0.25, 0.3) is 0 Å². The van der Waals surface area contributed by atoms with Crippen LogP contribution in [0, 0.1) is 6.92 Å². The van der Waals surface area contributed by atoms with Gasteiger partial charge in [-0.2, -0.15) is 0 Å². The van der Waals surface area contributed by atoms with Gasteiger partial charge >= 0.3 is 0 Å². The normalized spacial score (nSPS) is 14.8. The van der Waals surface area contributed by atoms with E-state index >= 15 is 0 Å². The third kappa shape index (κ3) is 6.66. The molecule has 0 aliphatic carbocycles. The SMILES string of the molecule is Cc1ccc(C(=O)NCCCc2ccccc2)c(C2CCN(Cc3cccc(Cl)c3)CC2)n1. The fraction of sp³-hybridized carbons (Fsp3) is 0.357. The molecule has 0 bridgehead atoms. The smallest absolute Gasteiger partial charge is 0.253 e. The zero-order valence-corrected chi connectivity index (χ0v) is 20.0. The Balaban J connectivity index is 1.33. The van der Waals surface area contributed by atoms with E-state index in [2.05, 4.69) is 40.5 Å². The summed E-state index contributed by atoms with van der Waals surface area (Å²) in [6.45, 7) is 5.55. The summed E-state index contributed by atoms with van der Waals surface area (Å²) in [5, 5.41) is 3.90. The highest BCUT2D eigenvalue weighted by Gasteiger charge is 2.26. The van der Waals surface area contributed by atoms with E-state index < -0.39 is 0 Å². The second kappa shape index (κ2) is 11.4. The Morgan fingerprint density at radius 1 is 1.03 bits per heavy atom. The Bertz CT molecular complexity index is 1060. The van der Waals surface area contributed by atoms with Crippen LogP contribution in [-0.4, -0.2) is 35.4 Å². The molecule has 2 heterocycles. The molecule has 2 aromatic carbocycles. The predicted octanol–water partition coefficient (Wildman–Crippen LogP) is 5.79. The number of aromatic nitrogens is 1. The van der Waals surface area contributed by atoms with Crippen molar-refractivity contribution in [1.82, 2.24) is 15.2 Å². The summed E-state index contributed by atoms with van der Waals surface area (Å²) >= 11 is 6.14. The zero-order valence-electron chi connectivity index (χ0n) is 19.3. The van der Waals surface area contributed by atoms with Crippen molar-refractivity contribution < 1.29 is 4.79 Å². The first-order valence-corrected chi connectivity index (χ1v) is 12.2. The molecule has 0 atom stereocenters. The number of amides is 1. The van der Waals surface area contributed by atoms with Crippen LogP contribution in [0.4, 0.5) is 0 Å². The predicted molar refractivity (Wildman–Crippen MR) is 135 cm³/mol. The first-order valence-electron chi connectivity index (χ1n) is 11.8. The largest absolute Gasteiger partial charge is 0.352 e. The second-order valence-corrected chi connectivity index (χ2v) is 9.35. The highest BCUT2D eigenvalue weighted by molar-refractivity contribution is 6.30. The zero-order chi connectivity index (χ0) is 23.0. The number of halogens is 1. The molecule has 0 spiro atoms. The summed E-state index contributed by atoms with van der Waals surface area (Å²) in [5.74, 6) is 0.303. The van der Waals surface area contributed by atoms with Gasteiger partial charge in [0.25, 0.3) is 5.91 Å². The van der Waals surface area contributed by atoms with Crippen LogP contribution >= 0.6 is 11.6 Å². The van der Waals surface area contributed by atoms with Gasteiger partial charge in [-0.05, 0) is 81.1 Å². The number of rotatable bonds is 8. The molecule has 1 aliphatic rings. The van der Waals surface area contributed by atoms with E-state index in [0.717, 1.165) is 67.3 Å². The Labute approximate surface area is 202 Å². The molecule has 0 saturated carbocycles. The lowest BCUT2D eigenvalue weighted by molar-refractivity contribution is 0.0950. The lowest BCUT2D eigenvalue weighted by Gasteiger charge is -2.32. The molecule has 33 heavy (non-hydrogen) atoms.